The van der Waals surface area contributed by atoms with Crippen LogP contribution in [0.15, 0.2) is 53.7 Å². The quantitative estimate of drug-likeness (QED) is 0.339. The summed E-state index contributed by atoms with van der Waals surface area (Å²) in [7, 11) is -3.41. The van der Waals surface area contributed by atoms with Crippen LogP contribution in [-0.2, 0) is 9.84 Å². The van der Waals surface area contributed by atoms with Crippen LogP contribution in [0.25, 0.3) is 11.3 Å². The molecule has 11 heteroatoms. The summed E-state index contributed by atoms with van der Waals surface area (Å²) >= 11 is 0. The Kier molecular flexibility index (Phi) is 6.87. The van der Waals surface area contributed by atoms with Gasteiger partial charge in [-0.1, -0.05) is 0 Å². The number of rotatable bonds is 10. The predicted octanol–water partition coefficient (Wildman–Crippen LogP) is 1.90. The van der Waals surface area contributed by atoms with Crippen LogP contribution in [0.3, 0.4) is 0 Å². The number of carbonyl (C=O) groups is 1. The molecule has 1 fully saturated rings. The van der Waals surface area contributed by atoms with Crippen molar-refractivity contribution in [1.82, 2.24) is 15.3 Å². The maximum absolute atomic E-state index is 12.3. The predicted molar refractivity (Wildman–Crippen MR) is 123 cm³/mol. The number of sulfone groups is 1. The molecule has 3 aromatic rings. The maximum atomic E-state index is 12.3. The van der Waals surface area contributed by atoms with Crippen molar-refractivity contribution in [1.29, 1.82) is 0 Å². The lowest BCUT2D eigenvalue weighted by atomic mass is 10.1. The number of amides is 1. The van der Waals surface area contributed by atoms with Crippen LogP contribution in [0, 0.1) is 0 Å². The van der Waals surface area contributed by atoms with E-state index in [-0.39, 0.29) is 23.4 Å². The van der Waals surface area contributed by atoms with Crippen molar-refractivity contribution >= 4 is 15.7 Å². The summed E-state index contributed by atoms with van der Waals surface area (Å²) < 4.78 is 35.1. The Morgan fingerprint density at radius 3 is 2.59 bits per heavy atom. The summed E-state index contributed by atoms with van der Waals surface area (Å²) in [6, 6.07) is 11.6. The second-order valence-electron chi connectivity index (χ2n) is 8.05. The van der Waals surface area contributed by atoms with E-state index in [1.165, 1.54) is 18.3 Å². The van der Waals surface area contributed by atoms with Crippen LogP contribution < -0.4 is 14.8 Å². The SMILES string of the molecule is CS(=O)(=O)c1ccc(Oc2cc(OC3CC3)cc(-c3ccc(C(=O)NC[C@H](O)CO)[nH]3)c2)cn1. The molecule has 1 amide bonds. The Bertz CT molecular complexity index is 1270. The molecule has 0 aliphatic heterocycles. The number of hydrogen-bond donors (Lipinski definition) is 4. The van der Waals surface area contributed by atoms with Gasteiger partial charge in [0, 0.05) is 30.1 Å². The number of H-pyrrole nitrogens is 1. The Balaban J connectivity index is 1.56. The van der Waals surface area contributed by atoms with Gasteiger partial charge in [0.1, 0.15) is 22.9 Å². The van der Waals surface area contributed by atoms with Crippen LogP contribution in [0.2, 0.25) is 0 Å². The number of ether oxygens (including phenoxy) is 2. The summed E-state index contributed by atoms with van der Waals surface area (Å²) in [5.74, 6) is 0.990. The second kappa shape index (κ2) is 9.84. The van der Waals surface area contributed by atoms with E-state index in [0.29, 0.717) is 28.5 Å². The molecule has 1 aliphatic rings. The second-order valence-corrected chi connectivity index (χ2v) is 10.0. The smallest absolute Gasteiger partial charge is 0.267 e. The minimum Gasteiger partial charge on any atom is -0.490 e. The number of aromatic amines is 1. The molecule has 1 aromatic carbocycles. The standard InChI is InChI=1S/C23H25N3O7S/c1-34(30,31)22-7-4-17(12-24-22)33-19-9-14(8-18(10-19)32-16-2-3-16)20-5-6-21(26-20)23(29)25-11-15(28)13-27/h4-10,12,15-16,26-28H,2-3,11,13H2,1H3,(H,25,29)/t15-/m0/s1. The van der Waals surface area contributed by atoms with Gasteiger partial charge >= 0.3 is 0 Å². The van der Waals surface area contributed by atoms with E-state index >= 15 is 0 Å². The number of hydrogen-bond acceptors (Lipinski definition) is 8. The number of nitrogens with one attached hydrogen (secondary N) is 2. The van der Waals surface area contributed by atoms with Crippen molar-refractivity contribution in [2.45, 2.75) is 30.1 Å². The zero-order chi connectivity index (χ0) is 24.3. The van der Waals surface area contributed by atoms with E-state index in [1.54, 1.807) is 24.3 Å². The average Bonchev–Trinajstić information content (AvgIpc) is 3.47. The molecular formula is C23H25N3O7S. The van der Waals surface area contributed by atoms with Gasteiger partial charge < -0.3 is 30.0 Å². The number of aliphatic hydroxyl groups excluding tert-OH is 2. The van der Waals surface area contributed by atoms with Crippen LogP contribution in [0.5, 0.6) is 17.2 Å². The molecule has 4 N–H and O–H groups in total. The molecule has 0 spiro atoms. The van der Waals surface area contributed by atoms with Gasteiger partial charge in [-0.2, -0.15) is 0 Å². The first-order valence-electron chi connectivity index (χ1n) is 10.6. The lowest BCUT2D eigenvalue weighted by Gasteiger charge is -2.12. The summed E-state index contributed by atoms with van der Waals surface area (Å²) in [6.07, 6.45) is 3.49. The Morgan fingerprint density at radius 1 is 1.18 bits per heavy atom. The first-order chi connectivity index (χ1) is 16.2. The first-order valence-corrected chi connectivity index (χ1v) is 12.5. The summed E-state index contributed by atoms with van der Waals surface area (Å²) in [5.41, 5.74) is 1.64. The van der Waals surface area contributed by atoms with Gasteiger partial charge in [-0.3, -0.25) is 4.79 Å². The highest BCUT2D eigenvalue weighted by Crippen LogP contribution is 2.35. The van der Waals surface area contributed by atoms with Crippen molar-refractivity contribution in [3.05, 3.63) is 54.4 Å². The zero-order valence-electron chi connectivity index (χ0n) is 18.4. The highest BCUT2D eigenvalue weighted by atomic mass is 32.2. The summed E-state index contributed by atoms with van der Waals surface area (Å²) in [6.45, 7) is -0.516. The molecule has 2 aromatic heterocycles. The molecule has 0 saturated heterocycles. The summed E-state index contributed by atoms with van der Waals surface area (Å²) in [4.78, 5) is 19.3. The van der Waals surface area contributed by atoms with Crippen molar-refractivity contribution in [3.63, 3.8) is 0 Å². The molecule has 180 valence electrons. The molecule has 1 saturated carbocycles. The normalized spacial score (nSPS) is 14.4. The van der Waals surface area contributed by atoms with Gasteiger partial charge in [0.05, 0.1) is 25.0 Å². The number of aromatic nitrogens is 2. The summed E-state index contributed by atoms with van der Waals surface area (Å²) in [5, 5.41) is 20.8. The van der Waals surface area contributed by atoms with Crippen LogP contribution >= 0.6 is 0 Å². The van der Waals surface area contributed by atoms with E-state index < -0.39 is 28.5 Å². The van der Waals surface area contributed by atoms with E-state index in [1.807, 2.05) is 6.07 Å². The molecule has 10 nitrogen and oxygen atoms in total. The molecule has 2 heterocycles. The van der Waals surface area contributed by atoms with E-state index in [0.717, 1.165) is 19.1 Å². The van der Waals surface area contributed by atoms with Gasteiger partial charge in [-0.25, -0.2) is 13.4 Å². The third-order valence-electron chi connectivity index (χ3n) is 4.98. The van der Waals surface area contributed by atoms with Crippen LogP contribution in [0.4, 0.5) is 0 Å². The van der Waals surface area contributed by atoms with E-state index in [4.69, 9.17) is 14.6 Å². The highest BCUT2D eigenvalue weighted by molar-refractivity contribution is 7.90. The van der Waals surface area contributed by atoms with Gasteiger partial charge in [-0.05, 0) is 49.2 Å². The van der Waals surface area contributed by atoms with Crippen molar-refractivity contribution in [3.8, 4) is 28.5 Å². The Labute approximate surface area is 196 Å². The van der Waals surface area contributed by atoms with E-state index in [9.17, 15) is 18.3 Å². The fourth-order valence-corrected chi connectivity index (χ4v) is 3.64. The molecular weight excluding hydrogens is 462 g/mol. The van der Waals surface area contributed by atoms with Crippen LogP contribution in [0.1, 0.15) is 23.3 Å². The van der Waals surface area contributed by atoms with Crippen molar-refractivity contribution < 1.29 is 32.9 Å². The molecule has 4 rings (SSSR count). The number of benzene rings is 1. The molecule has 0 unspecified atom stereocenters. The minimum absolute atomic E-state index is 0.0462. The number of carbonyl (C=O) groups excluding carboxylic acids is 1. The van der Waals surface area contributed by atoms with E-state index in [2.05, 4.69) is 15.3 Å². The van der Waals surface area contributed by atoms with Crippen molar-refractivity contribution in [2.24, 2.45) is 0 Å². The first kappa shape index (κ1) is 23.7. The van der Waals surface area contributed by atoms with Crippen molar-refractivity contribution in [2.75, 3.05) is 19.4 Å². The Hall–Kier alpha value is -3.41. The molecule has 1 atom stereocenters. The molecule has 0 radical (unpaired) electrons. The third-order valence-corrected chi connectivity index (χ3v) is 5.98. The largest absolute Gasteiger partial charge is 0.490 e. The van der Waals surface area contributed by atoms with Crippen LogP contribution in [-0.4, -0.2) is 66.1 Å². The zero-order valence-corrected chi connectivity index (χ0v) is 19.2. The topological polar surface area (TPSA) is 151 Å². The lowest BCUT2D eigenvalue weighted by Crippen LogP contribution is -2.34. The maximum Gasteiger partial charge on any atom is 0.267 e. The number of aliphatic hydroxyl groups is 2. The average molecular weight is 488 g/mol. The number of pyridine rings is 1. The Morgan fingerprint density at radius 2 is 1.94 bits per heavy atom. The lowest BCUT2D eigenvalue weighted by molar-refractivity contribution is 0.0799. The fourth-order valence-electron chi connectivity index (χ4n) is 3.08. The van der Waals surface area contributed by atoms with Gasteiger partial charge in [0.15, 0.2) is 14.9 Å². The third kappa shape index (κ3) is 6.13. The molecule has 0 bridgehead atoms. The fraction of sp³-hybridized carbons (Fsp3) is 0.304. The molecule has 34 heavy (non-hydrogen) atoms. The highest BCUT2D eigenvalue weighted by Gasteiger charge is 2.24. The minimum atomic E-state index is -3.41. The molecule has 1 aliphatic carbocycles. The van der Waals surface area contributed by atoms with Gasteiger partial charge in [0.2, 0.25) is 0 Å². The number of nitrogens with zero attached hydrogens (tertiary/aromatic N) is 1. The monoisotopic (exact) mass is 487 g/mol. The van der Waals surface area contributed by atoms with Gasteiger partial charge in [0.25, 0.3) is 5.91 Å². The van der Waals surface area contributed by atoms with Gasteiger partial charge in [-0.15, -0.1) is 0 Å².